The van der Waals surface area contributed by atoms with Gasteiger partial charge in [0.05, 0.1) is 17.6 Å². The molecule has 0 atom stereocenters. The van der Waals surface area contributed by atoms with E-state index in [0.29, 0.717) is 19.4 Å². The number of aromatic nitrogens is 2. The van der Waals surface area contributed by atoms with Gasteiger partial charge in [0.25, 0.3) is 0 Å². The third kappa shape index (κ3) is 2.25. The van der Waals surface area contributed by atoms with Gasteiger partial charge in [0.1, 0.15) is 6.33 Å². The molecular weight excluding hydrogens is 303 g/mol. The summed E-state index contributed by atoms with van der Waals surface area (Å²) in [5.74, 6) is 0.0514. The molecule has 0 aromatic carbocycles. The van der Waals surface area contributed by atoms with Crippen LogP contribution >= 0.6 is 0 Å². The molecule has 0 spiro atoms. The molecule has 0 unspecified atom stereocenters. The second-order valence-electron chi connectivity index (χ2n) is 3.89. The standard InChI is InChI=1S/C12H15N3O.CH3.Y/c1-4-12(5-2)10-9(7-13-8-14-10)15(6-3)11(12)16;;/h7-8H,1-2,4-6H2,3H3;1H3;/q-2;-1;+3. The first-order chi connectivity index (χ1) is 7.71. The van der Waals surface area contributed by atoms with Crippen molar-refractivity contribution < 1.29 is 37.5 Å². The van der Waals surface area contributed by atoms with Crippen LogP contribution in [0.3, 0.4) is 0 Å². The third-order valence-corrected chi connectivity index (χ3v) is 3.26. The largest absolute Gasteiger partial charge is 3.00 e. The van der Waals surface area contributed by atoms with Gasteiger partial charge in [0.2, 0.25) is 5.91 Å². The molecule has 94 valence electrons. The van der Waals surface area contributed by atoms with Gasteiger partial charge in [0, 0.05) is 12.0 Å². The monoisotopic (exact) mass is 321 g/mol. The van der Waals surface area contributed by atoms with Gasteiger partial charge in [-0.2, -0.15) is 12.8 Å². The van der Waals surface area contributed by atoms with E-state index in [-0.39, 0.29) is 46.0 Å². The Kier molecular flexibility index (Phi) is 6.59. The molecule has 1 aliphatic rings. The zero-order valence-corrected chi connectivity index (χ0v) is 13.9. The summed E-state index contributed by atoms with van der Waals surface area (Å²) in [7, 11) is 0. The van der Waals surface area contributed by atoms with Crippen LogP contribution in [-0.2, 0) is 42.9 Å². The minimum Gasteiger partial charge on any atom is -0.358 e. The van der Waals surface area contributed by atoms with Crippen molar-refractivity contribution in [3.63, 3.8) is 0 Å². The number of fused-ring (bicyclic) bond motifs is 1. The average Bonchev–Trinajstić information content (AvgIpc) is 2.58. The minimum atomic E-state index is -0.645. The molecule has 2 rings (SSSR count). The summed E-state index contributed by atoms with van der Waals surface area (Å²) >= 11 is 0. The minimum absolute atomic E-state index is 0. The Balaban J connectivity index is 0.00000144. The second kappa shape index (κ2) is 6.71. The molecule has 18 heavy (non-hydrogen) atoms. The van der Waals surface area contributed by atoms with E-state index < -0.39 is 5.41 Å². The second-order valence-corrected chi connectivity index (χ2v) is 3.89. The maximum atomic E-state index is 12.4. The van der Waals surface area contributed by atoms with Gasteiger partial charge in [-0.1, -0.05) is 0 Å². The Morgan fingerprint density at radius 3 is 2.50 bits per heavy atom. The van der Waals surface area contributed by atoms with E-state index >= 15 is 0 Å². The van der Waals surface area contributed by atoms with Crippen LogP contribution in [0.2, 0.25) is 0 Å². The van der Waals surface area contributed by atoms with E-state index in [1.54, 1.807) is 11.1 Å². The maximum Gasteiger partial charge on any atom is 3.00 e. The average molecular weight is 321 g/mol. The molecule has 0 bridgehead atoms. The Morgan fingerprint density at radius 1 is 1.39 bits per heavy atom. The van der Waals surface area contributed by atoms with Gasteiger partial charge in [-0.25, -0.2) is 9.97 Å². The Morgan fingerprint density at radius 2 is 2.00 bits per heavy atom. The molecule has 2 heterocycles. The van der Waals surface area contributed by atoms with Crippen molar-refractivity contribution in [3.8, 4) is 0 Å². The molecule has 0 aliphatic carbocycles. The molecular formula is C13H18N3OY. The molecule has 1 amide bonds. The fourth-order valence-electron chi connectivity index (χ4n) is 2.25. The van der Waals surface area contributed by atoms with Crippen LogP contribution < -0.4 is 4.90 Å². The summed E-state index contributed by atoms with van der Waals surface area (Å²) in [4.78, 5) is 22.3. The maximum absolute atomic E-state index is 12.4. The number of carbonyl (C=O) groups is 1. The van der Waals surface area contributed by atoms with Crippen LogP contribution in [0.15, 0.2) is 12.5 Å². The fraction of sp³-hybridized carbons (Fsp3) is 0.385. The molecule has 1 aromatic rings. The number of carbonyl (C=O) groups excluding carboxylic acids is 1. The predicted octanol–water partition coefficient (Wildman–Crippen LogP) is 1.98. The molecule has 0 saturated heterocycles. The molecule has 0 saturated carbocycles. The topological polar surface area (TPSA) is 46.1 Å². The van der Waals surface area contributed by atoms with Gasteiger partial charge in [0.15, 0.2) is 0 Å². The summed E-state index contributed by atoms with van der Waals surface area (Å²) in [6.45, 7) is 10.3. The summed E-state index contributed by atoms with van der Waals surface area (Å²) in [5, 5.41) is 0. The van der Waals surface area contributed by atoms with Crippen LogP contribution in [0, 0.1) is 21.3 Å². The van der Waals surface area contributed by atoms with Crippen molar-refractivity contribution in [2.24, 2.45) is 0 Å². The van der Waals surface area contributed by atoms with E-state index in [0.717, 1.165) is 11.4 Å². The first-order valence-corrected chi connectivity index (χ1v) is 5.42. The number of amides is 1. The molecule has 0 radical (unpaired) electrons. The molecule has 0 fully saturated rings. The van der Waals surface area contributed by atoms with E-state index in [4.69, 9.17) is 0 Å². The van der Waals surface area contributed by atoms with Crippen molar-refractivity contribution in [1.29, 1.82) is 0 Å². The molecule has 4 nitrogen and oxygen atoms in total. The number of rotatable bonds is 3. The SMILES string of the molecule is [CH2-]CC1(C[CH2-])C(=O)N(CC)c2cncnc21.[CH3-].[Y+3]. The first kappa shape index (κ1) is 17.7. The first-order valence-electron chi connectivity index (χ1n) is 5.42. The predicted molar refractivity (Wildman–Crippen MR) is 68.1 cm³/mol. The van der Waals surface area contributed by atoms with Gasteiger partial charge in [-0.15, -0.1) is 0 Å². The van der Waals surface area contributed by atoms with E-state index in [2.05, 4.69) is 23.8 Å². The third-order valence-electron chi connectivity index (χ3n) is 3.26. The Bertz CT molecular complexity index is 418. The van der Waals surface area contributed by atoms with Crippen molar-refractivity contribution in [3.05, 3.63) is 39.5 Å². The summed E-state index contributed by atoms with van der Waals surface area (Å²) in [6.07, 6.45) is 4.13. The number of nitrogens with zero attached hydrogens (tertiary/aromatic N) is 3. The van der Waals surface area contributed by atoms with Crippen molar-refractivity contribution in [1.82, 2.24) is 9.97 Å². The van der Waals surface area contributed by atoms with Gasteiger partial charge >= 0.3 is 32.7 Å². The zero-order chi connectivity index (χ0) is 11.8. The van der Waals surface area contributed by atoms with E-state index in [1.807, 2.05) is 6.92 Å². The zero-order valence-electron chi connectivity index (χ0n) is 11.0. The Hall–Kier alpha value is -0.346. The Labute approximate surface area is 134 Å². The van der Waals surface area contributed by atoms with Gasteiger partial charge in [-0.3, -0.25) is 4.79 Å². The molecule has 1 aliphatic heterocycles. The smallest absolute Gasteiger partial charge is 0.358 e. The quantitative estimate of drug-likeness (QED) is 0.800. The van der Waals surface area contributed by atoms with Crippen LogP contribution in [0.1, 0.15) is 25.5 Å². The van der Waals surface area contributed by atoms with Crippen molar-refractivity contribution in [2.75, 3.05) is 11.4 Å². The van der Waals surface area contributed by atoms with Crippen LogP contribution in [0.4, 0.5) is 5.69 Å². The number of hydrogen-bond acceptors (Lipinski definition) is 3. The molecule has 0 N–H and O–H groups in total. The summed E-state index contributed by atoms with van der Waals surface area (Å²) in [5.41, 5.74) is 0.940. The van der Waals surface area contributed by atoms with Gasteiger partial charge < -0.3 is 26.2 Å². The van der Waals surface area contributed by atoms with Gasteiger partial charge in [-0.05, 0) is 6.92 Å². The molecule has 1 aromatic heterocycles. The number of hydrogen-bond donors (Lipinski definition) is 0. The fourth-order valence-corrected chi connectivity index (χ4v) is 2.25. The van der Waals surface area contributed by atoms with Crippen LogP contribution in [-0.4, -0.2) is 22.4 Å². The van der Waals surface area contributed by atoms with Crippen LogP contribution in [0.25, 0.3) is 0 Å². The van der Waals surface area contributed by atoms with E-state index in [1.165, 1.54) is 6.33 Å². The van der Waals surface area contributed by atoms with E-state index in [9.17, 15) is 4.79 Å². The summed E-state index contributed by atoms with van der Waals surface area (Å²) < 4.78 is 0. The number of anilines is 1. The normalized spacial score (nSPS) is 15.7. The van der Waals surface area contributed by atoms with Crippen LogP contribution in [0.5, 0.6) is 0 Å². The van der Waals surface area contributed by atoms with Crippen molar-refractivity contribution in [2.45, 2.75) is 25.2 Å². The van der Waals surface area contributed by atoms with Crippen molar-refractivity contribution >= 4 is 11.6 Å². The molecule has 5 heteroatoms. The number of likely N-dealkylation sites (N-methyl/N-ethyl adjacent to an activating group) is 1. The summed E-state index contributed by atoms with van der Waals surface area (Å²) in [6, 6.07) is 0.